The Hall–Kier alpha value is -3.77. The van der Waals surface area contributed by atoms with Gasteiger partial charge in [0.15, 0.2) is 11.6 Å². The molecule has 58 heavy (non-hydrogen) atoms. The van der Waals surface area contributed by atoms with E-state index < -0.39 is 35.0 Å². The van der Waals surface area contributed by atoms with Crippen LogP contribution in [0.2, 0.25) is 0 Å². The number of ether oxygens (including phenoxy) is 2. The first-order valence-corrected chi connectivity index (χ1v) is 21.2. The summed E-state index contributed by atoms with van der Waals surface area (Å²) in [5.74, 6) is 0.588. The quantitative estimate of drug-likeness (QED) is 0.196. The van der Waals surface area contributed by atoms with Gasteiger partial charge in [-0.1, -0.05) is 54.0 Å². The molecule has 0 unspecified atom stereocenters. The molecule has 4 aliphatic rings. The van der Waals surface area contributed by atoms with Crippen molar-refractivity contribution < 1.29 is 42.1 Å². The molecule has 3 saturated carbocycles. The number of hydrogen-bond donors (Lipinski definition) is 1. The van der Waals surface area contributed by atoms with Gasteiger partial charge >= 0.3 is 18.3 Å². The molecule has 2 aromatic rings. The molecule has 2 aromatic heterocycles. The van der Waals surface area contributed by atoms with Gasteiger partial charge in [0.05, 0.1) is 11.8 Å². The van der Waals surface area contributed by atoms with Crippen molar-refractivity contribution >= 4 is 17.7 Å². The lowest BCUT2D eigenvalue weighted by Gasteiger charge is -2.69. The van der Waals surface area contributed by atoms with Gasteiger partial charge in [-0.05, 0) is 123 Å². The molecule has 0 bridgehead atoms. The summed E-state index contributed by atoms with van der Waals surface area (Å²) in [4.78, 5) is 42.6. The summed E-state index contributed by atoms with van der Waals surface area (Å²) in [6.45, 7) is 19.2. The topological polar surface area (TPSA) is 134 Å². The number of carbonyl (C=O) groups excluding carboxylic acids is 2. The number of alkyl halides is 3. The second-order valence-electron chi connectivity index (χ2n) is 19.9. The normalized spacial score (nSPS) is 31.8. The number of Topliss-reactive ketones (excluding diaryl/α,β-unsaturated/α-hetero) is 1. The van der Waals surface area contributed by atoms with Crippen molar-refractivity contribution in [2.75, 3.05) is 0 Å². The highest BCUT2D eigenvalue weighted by atomic mass is 19.4. The Labute approximate surface area is 341 Å². The molecule has 2 heterocycles. The van der Waals surface area contributed by atoms with Crippen LogP contribution < -0.4 is 4.74 Å². The molecule has 1 N–H and O–H groups in total. The number of carbonyl (C=O) groups is 3. The molecular weight excluding hydrogens is 750 g/mol. The molecule has 3 fully saturated rings. The number of esters is 1. The number of aliphatic carboxylic acids is 1. The first-order valence-electron chi connectivity index (χ1n) is 21.2. The lowest BCUT2D eigenvalue weighted by atomic mass is 9.35. The van der Waals surface area contributed by atoms with Gasteiger partial charge in [0.25, 0.3) is 0 Å². The molecule has 0 saturated heterocycles. The van der Waals surface area contributed by atoms with Crippen LogP contribution in [-0.4, -0.2) is 55.0 Å². The molecule has 0 spiro atoms. The van der Waals surface area contributed by atoms with E-state index >= 15 is 0 Å². The summed E-state index contributed by atoms with van der Waals surface area (Å²) in [6.07, 6.45) is 5.34. The number of pyridine rings is 1. The number of fused-ring (bicyclic) bond motifs is 5. The van der Waals surface area contributed by atoms with E-state index in [1.807, 2.05) is 18.5 Å². The standard InChI is InChI=1S/C45H63F3N4O6/c1-11-29(57-35(54)24-40(5,6)39(55)56)17-18-41(7)27(4)16-19-43(9)32(41)14-13-30-37-36(26(2)3)31(53)22-44(37,21-20-42(30,43)8)23-33-50-51-38(52(33)10)28-12-15-34(49-25-28)58-45(46,47)48/h12,15,25-27,29-30,32H,11,13-14,16-24H2,1-10H3,(H,55,56)/t27-,29-,30-,32-,41+,42-,43-,44+/m1/s1. The summed E-state index contributed by atoms with van der Waals surface area (Å²) in [7, 11) is 1.86. The van der Waals surface area contributed by atoms with Crippen molar-refractivity contribution in [2.45, 2.75) is 152 Å². The van der Waals surface area contributed by atoms with Crippen molar-refractivity contribution in [3.63, 3.8) is 0 Å². The van der Waals surface area contributed by atoms with Crippen LogP contribution in [-0.2, 0) is 32.6 Å². The molecule has 4 aliphatic carbocycles. The third kappa shape index (κ3) is 7.61. The summed E-state index contributed by atoms with van der Waals surface area (Å²) in [5.41, 5.74) is 1.17. The van der Waals surface area contributed by atoms with E-state index in [0.29, 0.717) is 42.5 Å². The Morgan fingerprint density at radius 2 is 1.74 bits per heavy atom. The number of nitrogens with zero attached hydrogens (tertiary/aromatic N) is 4. The van der Waals surface area contributed by atoms with Crippen LogP contribution in [0, 0.1) is 50.7 Å². The minimum Gasteiger partial charge on any atom is -0.481 e. The monoisotopic (exact) mass is 812 g/mol. The molecule has 0 amide bonds. The van der Waals surface area contributed by atoms with Crippen molar-refractivity contribution in [3.05, 3.63) is 35.3 Å². The number of ketones is 1. The molecule has 6 rings (SSSR count). The van der Waals surface area contributed by atoms with E-state index in [4.69, 9.17) is 4.74 Å². The van der Waals surface area contributed by atoms with Gasteiger partial charge in [0.1, 0.15) is 11.9 Å². The minimum absolute atomic E-state index is 0.000897. The van der Waals surface area contributed by atoms with E-state index in [1.165, 1.54) is 23.9 Å². The number of rotatable bonds is 13. The Balaban J connectivity index is 1.27. The number of aromatic nitrogens is 4. The maximum absolute atomic E-state index is 14.2. The number of carboxylic acids is 1. The van der Waals surface area contributed by atoms with E-state index in [1.54, 1.807) is 13.8 Å². The highest BCUT2D eigenvalue weighted by molar-refractivity contribution is 6.00. The van der Waals surface area contributed by atoms with Crippen molar-refractivity contribution in [1.29, 1.82) is 0 Å². The van der Waals surface area contributed by atoms with Crippen molar-refractivity contribution in [3.8, 4) is 17.3 Å². The van der Waals surface area contributed by atoms with Gasteiger partial charge in [0, 0.05) is 43.1 Å². The average Bonchev–Trinajstić information content (AvgIpc) is 3.63. The predicted molar refractivity (Wildman–Crippen MR) is 212 cm³/mol. The lowest BCUT2D eigenvalue weighted by molar-refractivity contribution is -0.276. The number of carboxylic acid groups (broad SMARTS) is 1. The smallest absolute Gasteiger partial charge is 0.481 e. The second kappa shape index (κ2) is 15.4. The number of halogens is 3. The maximum Gasteiger partial charge on any atom is 0.574 e. The van der Waals surface area contributed by atoms with E-state index in [9.17, 15) is 32.7 Å². The van der Waals surface area contributed by atoms with Gasteiger partial charge in [-0.2, -0.15) is 0 Å². The van der Waals surface area contributed by atoms with Gasteiger partial charge in [-0.15, -0.1) is 23.4 Å². The van der Waals surface area contributed by atoms with E-state index in [0.717, 1.165) is 62.8 Å². The van der Waals surface area contributed by atoms with E-state index in [-0.39, 0.29) is 46.4 Å². The summed E-state index contributed by atoms with van der Waals surface area (Å²) in [6, 6.07) is 2.66. The third-order valence-electron chi connectivity index (χ3n) is 15.9. The van der Waals surface area contributed by atoms with Crippen LogP contribution in [0.15, 0.2) is 29.5 Å². The summed E-state index contributed by atoms with van der Waals surface area (Å²) >= 11 is 0. The lowest BCUT2D eigenvalue weighted by Crippen LogP contribution is -2.62. The van der Waals surface area contributed by atoms with Gasteiger partial charge in [-0.25, -0.2) is 4.98 Å². The van der Waals surface area contributed by atoms with Crippen LogP contribution in [0.4, 0.5) is 13.2 Å². The van der Waals surface area contributed by atoms with Crippen LogP contribution >= 0.6 is 0 Å². The van der Waals surface area contributed by atoms with Gasteiger partial charge < -0.3 is 19.1 Å². The minimum atomic E-state index is -4.84. The summed E-state index contributed by atoms with van der Waals surface area (Å²) < 4.78 is 50.1. The van der Waals surface area contributed by atoms with Gasteiger partial charge in [-0.3, -0.25) is 14.4 Å². The number of hydrogen-bond acceptors (Lipinski definition) is 8. The highest BCUT2D eigenvalue weighted by Gasteiger charge is 2.67. The van der Waals surface area contributed by atoms with Crippen LogP contribution in [0.25, 0.3) is 11.4 Å². The summed E-state index contributed by atoms with van der Waals surface area (Å²) in [5, 5.41) is 18.6. The fourth-order valence-electron chi connectivity index (χ4n) is 12.2. The van der Waals surface area contributed by atoms with Gasteiger partial charge in [0.2, 0.25) is 5.88 Å². The second-order valence-corrected chi connectivity index (χ2v) is 19.9. The van der Waals surface area contributed by atoms with Crippen LogP contribution in [0.1, 0.15) is 139 Å². The highest BCUT2D eigenvalue weighted by Crippen LogP contribution is 2.75. The Bertz CT molecular complexity index is 1940. The zero-order chi connectivity index (χ0) is 42.8. The largest absolute Gasteiger partial charge is 0.574 e. The average molecular weight is 813 g/mol. The molecule has 0 aliphatic heterocycles. The SMILES string of the molecule is CC[C@H](CC[C@@]1(C)[C@H](C)CC[C@]2(C)[C@@H]1CC[C@@H]1C3=C(C(C)C)C(=O)C[C@]3(Cc3nnc(-c4ccc(OC(F)(F)F)nc4)n3C)CC[C@]12C)OC(=O)CC(C)(C)C(=O)O. The van der Waals surface area contributed by atoms with Crippen molar-refractivity contribution in [1.82, 2.24) is 19.7 Å². The molecule has 8 atom stereocenters. The molecule has 320 valence electrons. The molecule has 13 heteroatoms. The molecular formula is C45H63F3N4O6. The zero-order valence-corrected chi connectivity index (χ0v) is 36.0. The van der Waals surface area contributed by atoms with Crippen molar-refractivity contribution in [2.24, 2.45) is 57.8 Å². The molecule has 0 radical (unpaired) electrons. The Morgan fingerprint density at radius 3 is 2.34 bits per heavy atom. The third-order valence-corrected chi connectivity index (χ3v) is 15.9. The fourth-order valence-corrected chi connectivity index (χ4v) is 12.2. The molecule has 10 nitrogen and oxygen atoms in total. The van der Waals surface area contributed by atoms with E-state index in [2.05, 4.69) is 61.5 Å². The fraction of sp³-hybridized carbons (Fsp3) is 0.733. The Kier molecular flexibility index (Phi) is 11.6. The first kappa shape index (κ1) is 43.8. The zero-order valence-electron chi connectivity index (χ0n) is 36.0. The predicted octanol–water partition coefficient (Wildman–Crippen LogP) is 10.1. The Morgan fingerprint density at radius 1 is 1.03 bits per heavy atom. The maximum atomic E-state index is 14.2. The van der Waals surface area contributed by atoms with Crippen LogP contribution in [0.3, 0.4) is 0 Å². The molecule has 0 aromatic carbocycles. The first-order chi connectivity index (χ1) is 26.9. The van der Waals surface area contributed by atoms with Crippen LogP contribution in [0.5, 0.6) is 5.88 Å². The number of allylic oxidation sites excluding steroid dienone is 2.